The molecule has 10 aromatic rings. The van der Waals surface area contributed by atoms with E-state index in [9.17, 15) is 0 Å². The van der Waals surface area contributed by atoms with Crippen LogP contribution >= 0.6 is 0 Å². The molecule has 3 aromatic heterocycles. The average molecular weight is 651 g/mol. The third kappa shape index (κ3) is 4.96. The van der Waals surface area contributed by atoms with E-state index in [0.717, 1.165) is 94.1 Å². The molecule has 4 heteroatoms. The number of rotatable bonds is 5. The van der Waals surface area contributed by atoms with E-state index in [-0.39, 0.29) is 0 Å². The summed E-state index contributed by atoms with van der Waals surface area (Å²) in [7, 11) is 0. The van der Waals surface area contributed by atoms with Crippen LogP contribution in [0.15, 0.2) is 182 Å². The van der Waals surface area contributed by atoms with E-state index in [1.165, 1.54) is 0 Å². The fraction of sp³-hybridized carbons (Fsp3) is 0. The van der Waals surface area contributed by atoms with E-state index in [2.05, 4.69) is 162 Å². The van der Waals surface area contributed by atoms with Gasteiger partial charge in [-0.25, -0.2) is 14.6 Å². The minimum absolute atomic E-state index is 0.901. The van der Waals surface area contributed by atoms with Gasteiger partial charge in [-0.3, -0.25) is 0 Å². The number of nitrogens with zero attached hydrogens (tertiary/aromatic N) is 4. The van der Waals surface area contributed by atoms with Gasteiger partial charge in [-0.15, -0.1) is 0 Å². The maximum Gasteiger partial charge on any atom is 0.101 e. The summed E-state index contributed by atoms with van der Waals surface area (Å²) in [6.07, 6.45) is 0. The number of aromatic nitrogens is 4. The molecule has 51 heavy (non-hydrogen) atoms. The van der Waals surface area contributed by atoms with E-state index in [0.29, 0.717) is 0 Å². The quantitative estimate of drug-likeness (QED) is 0.174. The van der Waals surface area contributed by atoms with E-state index in [4.69, 9.17) is 15.1 Å². The highest BCUT2D eigenvalue weighted by Gasteiger charge is 2.21. The van der Waals surface area contributed by atoms with Crippen LogP contribution in [0.2, 0.25) is 0 Å². The monoisotopic (exact) mass is 650 g/mol. The van der Waals surface area contributed by atoms with Crippen LogP contribution in [-0.4, -0.2) is 19.7 Å². The van der Waals surface area contributed by atoms with Crippen molar-refractivity contribution in [2.24, 2.45) is 0 Å². The van der Waals surface area contributed by atoms with Gasteiger partial charge < -0.3 is 0 Å². The zero-order valence-corrected chi connectivity index (χ0v) is 27.6. The summed E-state index contributed by atoms with van der Waals surface area (Å²) in [5, 5.41) is 10.9. The van der Waals surface area contributed by atoms with Gasteiger partial charge in [-0.05, 0) is 52.9 Å². The Hall–Kier alpha value is -6.91. The van der Waals surface area contributed by atoms with Gasteiger partial charge in [0.1, 0.15) is 5.69 Å². The molecule has 3 heterocycles. The SMILES string of the molecule is c1ccc(-c2ccc3ccc4ccc(-c5ccc6c(c5)cc(-c5ccccc5)c5c(-c7ccccc7)nn(-c7ccccc7)c56)nc4c3n2)cc1. The molecule has 0 fully saturated rings. The Labute approximate surface area is 294 Å². The van der Waals surface area contributed by atoms with Crippen LogP contribution in [0, 0.1) is 0 Å². The molecular weight excluding hydrogens is 621 g/mol. The van der Waals surface area contributed by atoms with Crippen molar-refractivity contribution in [2.75, 3.05) is 0 Å². The Morgan fingerprint density at radius 1 is 0.392 bits per heavy atom. The summed E-state index contributed by atoms with van der Waals surface area (Å²) in [5.74, 6) is 0. The van der Waals surface area contributed by atoms with Crippen molar-refractivity contribution in [1.29, 1.82) is 0 Å². The first kappa shape index (κ1) is 29.0. The smallest absolute Gasteiger partial charge is 0.101 e. The van der Waals surface area contributed by atoms with Crippen LogP contribution < -0.4 is 0 Å². The molecular formula is C47H30N4. The largest absolute Gasteiger partial charge is 0.245 e. The van der Waals surface area contributed by atoms with Crippen molar-refractivity contribution in [3.63, 3.8) is 0 Å². The van der Waals surface area contributed by atoms with Crippen molar-refractivity contribution in [3.8, 4) is 50.6 Å². The zero-order chi connectivity index (χ0) is 33.7. The lowest BCUT2D eigenvalue weighted by Crippen LogP contribution is -1.97. The van der Waals surface area contributed by atoms with Gasteiger partial charge in [-0.1, -0.05) is 146 Å². The van der Waals surface area contributed by atoms with E-state index in [1.54, 1.807) is 0 Å². The normalized spacial score (nSPS) is 11.5. The Balaban J connectivity index is 1.22. The summed E-state index contributed by atoms with van der Waals surface area (Å²) in [5.41, 5.74) is 12.2. The molecule has 0 radical (unpaired) electrons. The van der Waals surface area contributed by atoms with Crippen molar-refractivity contribution in [3.05, 3.63) is 182 Å². The van der Waals surface area contributed by atoms with Crippen LogP contribution in [0.1, 0.15) is 0 Å². The van der Waals surface area contributed by atoms with Gasteiger partial charge in [-0.2, -0.15) is 5.10 Å². The molecule has 0 aliphatic heterocycles. The molecule has 10 rings (SSSR count). The van der Waals surface area contributed by atoms with Gasteiger partial charge in [0, 0.05) is 38.2 Å². The lowest BCUT2D eigenvalue weighted by molar-refractivity contribution is 0.918. The third-order valence-corrected chi connectivity index (χ3v) is 9.78. The molecule has 0 N–H and O–H groups in total. The van der Waals surface area contributed by atoms with Crippen molar-refractivity contribution < 1.29 is 0 Å². The minimum Gasteiger partial charge on any atom is -0.245 e. The first-order chi connectivity index (χ1) is 25.3. The van der Waals surface area contributed by atoms with E-state index >= 15 is 0 Å². The summed E-state index contributed by atoms with van der Waals surface area (Å²) >= 11 is 0. The molecule has 0 aliphatic rings. The van der Waals surface area contributed by atoms with E-state index in [1.807, 2.05) is 24.3 Å². The lowest BCUT2D eigenvalue weighted by atomic mass is 9.92. The third-order valence-electron chi connectivity index (χ3n) is 9.78. The van der Waals surface area contributed by atoms with Gasteiger partial charge in [0.05, 0.1) is 33.6 Å². The Bertz CT molecular complexity index is 2880. The molecule has 4 nitrogen and oxygen atoms in total. The van der Waals surface area contributed by atoms with Gasteiger partial charge in [0.2, 0.25) is 0 Å². The Morgan fingerprint density at radius 3 is 1.55 bits per heavy atom. The molecule has 0 spiro atoms. The average Bonchev–Trinajstić information content (AvgIpc) is 3.62. The van der Waals surface area contributed by atoms with Crippen molar-refractivity contribution in [2.45, 2.75) is 0 Å². The lowest BCUT2D eigenvalue weighted by Gasteiger charge is -2.13. The highest BCUT2D eigenvalue weighted by molar-refractivity contribution is 6.17. The minimum atomic E-state index is 0.901. The van der Waals surface area contributed by atoms with Gasteiger partial charge >= 0.3 is 0 Å². The number of para-hydroxylation sites is 1. The molecule has 0 unspecified atom stereocenters. The Morgan fingerprint density at radius 2 is 0.922 bits per heavy atom. The summed E-state index contributed by atoms with van der Waals surface area (Å²) in [6.45, 7) is 0. The second-order valence-electron chi connectivity index (χ2n) is 12.9. The molecule has 238 valence electrons. The fourth-order valence-electron chi connectivity index (χ4n) is 7.30. The van der Waals surface area contributed by atoms with Crippen LogP contribution in [0.25, 0.3) is 94.1 Å². The highest BCUT2D eigenvalue weighted by Crippen LogP contribution is 2.42. The number of pyridine rings is 2. The van der Waals surface area contributed by atoms with Gasteiger partial charge in [0.15, 0.2) is 0 Å². The number of hydrogen-bond donors (Lipinski definition) is 0. The summed E-state index contributed by atoms with van der Waals surface area (Å²) < 4.78 is 2.11. The molecule has 0 bridgehead atoms. The number of hydrogen-bond acceptors (Lipinski definition) is 3. The highest BCUT2D eigenvalue weighted by atomic mass is 15.3. The second-order valence-corrected chi connectivity index (χ2v) is 12.9. The fourth-order valence-corrected chi connectivity index (χ4v) is 7.30. The maximum absolute atomic E-state index is 5.34. The number of fused-ring (bicyclic) bond motifs is 6. The van der Waals surface area contributed by atoms with E-state index < -0.39 is 0 Å². The molecule has 7 aromatic carbocycles. The van der Waals surface area contributed by atoms with Crippen molar-refractivity contribution >= 4 is 43.5 Å². The molecule has 0 aliphatic carbocycles. The predicted octanol–water partition coefficient (Wildman–Crippen LogP) is 11.9. The first-order valence-corrected chi connectivity index (χ1v) is 17.2. The van der Waals surface area contributed by atoms with Crippen LogP contribution in [0.3, 0.4) is 0 Å². The van der Waals surface area contributed by atoms with Crippen LogP contribution in [0.4, 0.5) is 0 Å². The predicted molar refractivity (Wildman–Crippen MR) is 211 cm³/mol. The standard InChI is InChI=1S/C47H30N4/c1-5-13-31(14-6-1)40-30-37-29-36(42-28-25-35-22-21-34-24-27-41(32-15-7-2-8-16-32)48-45(34)46(35)49-42)23-26-39(37)47-43(40)44(33-17-9-3-10-18-33)50-51(47)38-19-11-4-12-20-38/h1-30H. The first-order valence-electron chi connectivity index (χ1n) is 17.2. The summed E-state index contributed by atoms with van der Waals surface area (Å²) in [4.78, 5) is 10.4. The molecule has 0 saturated carbocycles. The van der Waals surface area contributed by atoms with Gasteiger partial charge in [0.25, 0.3) is 0 Å². The maximum atomic E-state index is 5.34. The Kier molecular flexibility index (Phi) is 6.78. The molecule has 0 atom stereocenters. The summed E-state index contributed by atoms with van der Waals surface area (Å²) in [6, 6.07) is 63.7. The number of benzene rings is 7. The molecule has 0 saturated heterocycles. The second kappa shape index (κ2) is 11.9. The molecule has 0 amide bonds. The zero-order valence-electron chi connectivity index (χ0n) is 27.6. The van der Waals surface area contributed by atoms with Crippen LogP contribution in [-0.2, 0) is 0 Å². The van der Waals surface area contributed by atoms with Crippen LogP contribution in [0.5, 0.6) is 0 Å². The van der Waals surface area contributed by atoms with Crippen molar-refractivity contribution in [1.82, 2.24) is 19.7 Å². The topological polar surface area (TPSA) is 43.6 Å².